The predicted molar refractivity (Wildman–Crippen MR) is 100 cm³/mol. The van der Waals surface area contributed by atoms with E-state index in [9.17, 15) is 13.2 Å². The van der Waals surface area contributed by atoms with Crippen LogP contribution in [0.4, 0.5) is 5.13 Å². The zero-order valence-electron chi connectivity index (χ0n) is 14.7. The first-order valence-electron chi connectivity index (χ1n) is 7.99. The van der Waals surface area contributed by atoms with Crippen LogP contribution in [0, 0.1) is 19.8 Å². The van der Waals surface area contributed by atoms with Gasteiger partial charge in [-0.2, -0.15) is 4.72 Å². The molecule has 1 atom stereocenters. The number of aromatic nitrogens is 1. The van der Waals surface area contributed by atoms with Gasteiger partial charge in [-0.15, -0.1) is 11.3 Å². The monoisotopic (exact) mass is 381 g/mol. The van der Waals surface area contributed by atoms with Crippen molar-refractivity contribution in [2.45, 2.75) is 45.1 Å². The van der Waals surface area contributed by atoms with E-state index >= 15 is 0 Å². The molecule has 6 nitrogen and oxygen atoms in total. The molecule has 1 amide bonds. The minimum Gasteiger partial charge on any atom is -0.301 e. The molecule has 0 saturated carbocycles. The van der Waals surface area contributed by atoms with E-state index in [2.05, 4.69) is 15.0 Å². The lowest BCUT2D eigenvalue weighted by Gasteiger charge is -2.19. The van der Waals surface area contributed by atoms with Gasteiger partial charge in [-0.1, -0.05) is 31.5 Å². The number of hydrogen-bond donors (Lipinski definition) is 2. The Kier molecular flexibility index (Phi) is 6.31. The third-order valence-corrected chi connectivity index (χ3v) is 5.86. The van der Waals surface area contributed by atoms with E-state index in [1.807, 2.05) is 33.1 Å². The van der Waals surface area contributed by atoms with Crippen LogP contribution in [0.1, 0.15) is 31.5 Å². The molecule has 0 aliphatic carbocycles. The van der Waals surface area contributed by atoms with Gasteiger partial charge in [0.05, 0.1) is 10.6 Å². The SMILES string of the molecule is Cc1ccc(S(=O)(=O)NC(CC(C)C)C(=O)Nc2nc(C)cs2)cc1. The van der Waals surface area contributed by atoms with Gasteiger partial charge in [0.2, 0.25) is 15.9 Å². The summed E-state index contributed by atoms with van der Waals surface area (Å²) in [5, 5.41) is 4.98. The number of benzene rings is 1. The van der Waals surface area contributed by atoms with Gasteiger partial charge in [-0.25, -0.2) is 13.4 Å². The second-order valence-electron chi connectivity index (χ2n) is 6.40. The van der Waals surface area contributed by atoms with E-state index in [0.29, 0.717) is 11.6 Å². The first kappa shape index (κ1) is 19.6. The molecule has 25 heavy (non-hydrogen) atoms. The highest BCUT2D eigenvalue weighted by Gasteiger charge is 2.27. The molecule has 0 bridgehead atoms. The van der Waals surface area contributed by atoms with Gasteiger partial charge in [0.25, 0.3) is 0 Å². The molecule has 2 aromatic rings. The first-order valence-corrected chi connectivity index (χ1v) is 10.4. The minimum atomic E-state index is -3.78. The summed E-state index contributed by atoms with van der Waals surface area (Å²) in [7, 11) is -3.78. The molecule has 1 aromatic heterocycles. The minimum absolute atomic E-state index is 0.143. The Morgan fingerprint density at radius 2 is 1.84 bits per heavy atom. The molecule has 0 aliphatic rings. The van der Waals surface area contributed by atoms with Crippen LogP contribution in [0.5, 0.6) is 0 Å². The fraction of sp³-hybridized carbons (Fsp3) is 0.412. The van der Waals surface area contributed by atoms with Gasteiger partial charge in [0, 0.05) is 5.38 Å². The van der Waals surface area contributed by atoms with E-state index in [4.69, 9.17) is 0 Å². The molecule has 2 rings (SSSR count). The second-order valence-corrected chi connectivity index (χ2v) is 8.97. The number of thiazole rings is 1. The van der Waals surface area contributed by atoms with Crippen molar-refractivity contribution in [1.82, 2.24) is 9.71 Å². The summed E-state index contributed by atoms with van der Waals surface area (Å²) >= 11 is 1.31. The first-order chi connectivity index (χ1) is 11.7. The Hall–Kier alpha value is -1.77. The number of carbonyl (C=O) groups is 1. The van der Waals surface area contributed by atoms with Crippen LogP contribution in [0.15, 0.2) is 34.5 Å². The normalized spacial score (nSPS) is 13.0. The van der Waals surface area contributed by atoms with Crippen molar-refractivity contribution in [1.29, 1.82) is 0 Å². The topological polar surface area (TPSA) is 88.2 Å². The molecule has 1 aromatic carbocycles. The maximum absolute atomic E-state index is 12.6. The summed E-state index contributed by atoms with van der Waals surface area (Å²) in [6.07, 6.45) is 0.390. The molecule has 0 radical (unpaired) electrons. The molecular formula is C17H23N3O3S2. The standard InChI is InChI=1S/C17H23N3O3S2/c1-11(2)9-15(16(21)19-17-18-13(4)10-24-17)20-25(22,23)14-7-5-12(3)6-8-14/h5-8,10-11,15,20H,9H2,1-4H3,(H,18,19,21). The zero-order valence-corrected chi connectivity index (χ0v) is 16.4. The third-order valence-electron chi connectivity index (χ3n) is 3.50. The molecule has 2 N–H and O–H groups in total. The molecule has 8 heteroatoms. The maximum atomic E-state index is 12.6. The number of anilines is 1. The number of amides is 1. The lowest BCUT2D eigenvalue weighted by Crippen LogP contribution is -2.44. The Labute approximate surface area is 152 Å². The smallest absolute Gasteiger partial charge is 0.244 e. The Morgan fingerprint density at radius 1 is 1.20 bits per heavy atom. The summed E-state index contributed by atoms with van der Waals surface area (Å²) in [4.78, 5) is 16.9. The van der Waals surface area contributed by atoms with Gasteiger partial charge in [-0.3, -0.25) is 4.79 Å². The lowest BCUT2D eigenvalue weighted by molar-refractivity contribution is -0.118. The molecule has 1 heterocycles. The van der Waals surface area contributed by atoms with Crippen molar-refractivity contribution in [3.63, 3.8) is 0 Å². The summed E-state index contributed by atoms with van der Waals surface area (Å²) < 4.78 is 27.7. The van der Waals surface area contributed by atoms with Crippen molar-refractivity contribution in [2.24, 2.45) is 5.92 Å². The number of hydrogen-bond acceptors (Lipinski definition) is 5. The highest BCUT2D eigenvalue weighted by atomic mass is 32.2. The van der Waals surface area contributed by atoms with E-state index in [1.165, 1.54) is 23.5 Å². The van der Waals surface area contributed by atoms with Gasteiger partial charge >= 0.3 is 0 Å². The van der Waals surface area contributed by atoms with Crippen LogP contribution in [-0.4, -0.2) is 25.4 Å². The van der Waals surface area contributed by atoms with E-state index < -0.39 is 22.0 Å². The fourth-order valence-electron chi connectivity index (χ4n) is 2.26. The Balaban J connectivity index is 2.18. The van der Waals surface area contributed by atoms with Crippen molar-refractivity contribution < 1.29 is 13.2 Å². The van der Waals surface area contributed by atoms with Crippen LogP contribution in [0.25, 0.3) is 0 Å². The number of rotatable bonds is 7. The quantitative estimate of drug-likeness (QED) is 0.771. The zero-order chi connectivity index (χ0) is 18.6. The van der Waals surface area contributed by atoms with Crippen molar-refractivity contribution in [3.8, 4) is 0 Å². The summed E-state index contributed by atoms with van der Waals surface area (Å²) in [6.45, 7) is 7.59. The number of carbonyl (C=O) groups excluding carboxylic acids is 1. The lowest BCUT2D eigenvalue weighted by atomic mass is 10.0. The average molecular weight is 382 g/mol. The molecule has 1 unspecified atom stereocenters. The van der Waals surface area contributed by atoms with Crippen LogP contribution < -0.4 is 10.0 Å². The second kappa shape index (κ2) is 8.07. The fourth-order valence-corrected chi connectivity index (χ4v) is 4.16. The van der Waals surface area contributed by atoms with Crippen LogP contribution in [-0.2, 0) is 14.8 Å². The summed E-state index contributed by atoms with van der Waals surface area (Å²) in [5.41, 5.74) is 1.77. The number of nitrogens with zero attached hydrogens (tertiary/aromatic N) is 1. The van der Waals surface area contributed by atoms with Crippen LogP contribution in [0.2, 0.25) is 0 Å². The molecule has 0 fully saturated rings. The highest BCUT2D eigenvalue weighted by Crippen LogP contribution is 2.17. The van der Waals surface area contributed by atoms with Crippen LogP contribution >= 0.6 is 11.3 Å². The maximum Gasteiger partial charge on any atom is 0.244 e. The predicted octanol–water partition coefficient (Wildman–Crippen LogP) is 3.09. The van der Waals surface area contributed by atoms with Crippen molar-refractivity contribution >= 4 is 32.4 Å². The highest BCUT2D eigenvalue weighted by molar-refractivity contribution is 7.89. The summed E-state index contributed by atoms with van der Waals surface area (Å²) in [6, 6.07) is 5.66. The number of nitrogens with one attached hydrogen (secondary N) is 2. The molecule has 0 spiro atoms. The van der Waals surface area contributed by atoms with Gasteiger partial charge < -0.3 is 5.32 Å². The molecule has 136 valence electrons. The number of sulfonamides is 1. The largest absolute Gasteiger partial charge is 0.301 e. The van der Waals surface area contributed by atoms with E-state index in [0.717, 1.165) is 11.3 Å². The van der Waals surface area contributed by atoms with E-state index in [1.54, 1.807) is 12.1 Å². The molecule has 0 aliphatic heterocycles. The number of aryl methyl sites for hydroxylation is 2. The third kappa shape index (κ3) is 5.62. The van der Waals surface area contributed by atoms with Gasteiger partial charge in [0.1, 0.15) is 6.04 Å². The molecule has 0 saturated heterocycles. The molecular weight excluding hydrogens is 358 g/mol. The summed E-state index contributed by atoms with van der Waals surface area (Å²) in [5.74, 6) is -0.256. The Bertz CT molecular complexity index is 827. The van der Waals surface area contributed by atoms with Crippen molar-refractivity contribution in [3.05, 3.63) is 40.9 Å². The van der Waals surface area contributed by atoms with Crippen molar-refractivity contribution in [2.75, 3.05) is 5.32 Å². The Morgan fingerprint density at radius 3 is 2.36 bits per heavy atom. The van der Waals surface area contributed by atoms with E-state index in [-0.39, 0.29) is 10.8 Å². The average Bonchev–Trinajstić information content (AvgIpc) is 2.91. The van der Waals surface area contributed by atoms with Gasteiger partial charge in [-0.05, 0) is 38.3 Å². The van der Waals surface area contributed by atoms with Gasteiger partial charge in [0.15, 0.2) is 5.13 Å². The van der Waals surface area contributed by atoms with Crippen LogP contribution in [0.3, 0.4) is 0 Å².